The highest BCUT2D eigenvalue weighted by atomic mass is 35.5. The molecule has 0 spiro atoms. The van der Waals surface area contributed by atoms with Crippen molar-refractivity contribution in [2.24, 2.45) is 0 Å². The Balaban J connectivity index is 1.66. The second kappa shape index (κ2) is 9.43. The fourth-order valence-electron chi connectivity index (χ4n) is 4.72. The molecular formula is C26H33ClN6. The van der Waals surface area contributed by atoms with Crippen molar-refractivity contribution < 1.29 is 0 Å². The molecule has 0 unspecified atom stereocenters. The zero-order valence-electron chi connectivity index (χ0n) is 19.8. The van der Waals surface area contributed by atoms with Crippen LogP contribution in [0.2, 0.25) is 5.02 Å². The number of nitrogens with one attached hydrogen (secondary N) is 1. The Hall–Kier alpha value is -2.44. The van der Waals surface area contributed by atoms with E-state index in [-0.39, 0.29) is 0 Å². The van der Waals surface area contributed by atoms with Crippen LogP contribution < -0.4 is 5.32 Å². The van der Waals surface area contributed by atoms with Crippen molar-refractivity contribution in [2.45, 2.75) is 64.5 Å². The molecule has 1 aromatic carbocycles. The molecule has 2 aromatic heterocycles. The van der Waals surface area contributed by atoms with E-state index in [4.69, 9.17) is 21.6 Å². The number of benzene rings is 1. The molecule has 2 aliphatic rings. The Morgan fingerprint density at radius 1 is 1.09 bits per heavy atom. The fraction of sp³-hybridized carbons (Fsp3) is 0.500. The van der Waals surface area contributed by atoms with E-state index >= 15 is 0 Å². The molecule has 1 N–H and O–H groups in total. The van der Waals surface area contributed by atoms with E-state index in [1.165, 1.54) is 18.7 Å². The lowest BCUT2D eigenvalue weighted by Gasteiger charge is -2.29. The lowest BCUT2D eigenvalue weighted by Crippen LogP contribution is -2.30. The van der Waals surface area contributed by atoms with E-state index in [0.29, 0.717) is 17.9 Å². The number of hydrogen-bond acceptors (Lipinski definition) is 5. The minimum atomic E-state index is 0.458. The Morgan fingerprint density at radius 3 is 2.58 bits per heavy atom. The highest BCUT2D eigenvalue weighted by Crippen LogP contribution is 2.38. The second-order valence-electron chi connectivity index (χ2n) is 9.54. The van der Waals surface area contributed by atoms with Crippen molar-refractivity contribution in [3.8, 4) is 22.6 Å². The van der Waals surface area contributed by atoms with Crippen LogP contribution in [-0.4, -0.2) is 50.6 Å². The molecular weight excluding hydrogens is 432 g/mol. The maximum absolute atomic E-state index is 6.36. The molecule has 0 atom stereocenters. The summed E-state index contributed by atoms with van der Waals surface area (Å²) in [5.74, 6) is 2.36. The number of hydrogen-bond donors (Lipinski definition) is 1. The molecule has 0 amide bonds. The summed E-state index contributed by atoms with van der Waals surface area (Å²) >= 11 is 6.36. The number of imidazole rings is 1. The van der Waals surface area contributed by atoms with Gasteiger partial charge < -0.3 is 14.8 Å². The Labute approximate surface area is 201 Å². The summed E-state index contributed by atoms with van der Waals surface area (Å²) in [5, 5.41) is 4.23. The van der Waals surface area contributed by atoms with E-state index in [2.05, 4.69) is 52.8 Å². The highest BCUT2D eigenvalue weighted by Gasteiger charge is 2.29. The third-order valence-electron chi connectivity index (χ3n) is 6.77. The van der Waals surface area contributed by atoms with Gasteiger partial charge in [0.1, 0.15) is 5.82 Å². The number of halogens is 1. The molecule has 5 rings (SSSR count). The number of piperidine rings is 1. The first-order valence-corrected chi connectivity index (χ1v) is 12.6. The number of nitrogens with zero attached hydrogens (tertiary/aromatic N) is 5. The van der Waals surface area contributed by atoms with Gasteiger partial charge in [0.2, 0.25) is 5.95 Å². The lowest BCUT2D eigenvalue weighted by atomic mass is 9.96. The van der Waals surface area contributed by atoms with Crippen molar-refractivity contribution in [1.29, 1.82) is 0 Å². The molecule has 33 heavy (non-hydrogen) atoms. The van der Waals surface area contributed by atoms with Gasteiger partial charge in [0, 0.05) is 35.3 Å². The smallest absolute Gasteiger partial charge is 0.223 e. The van der Waals surface area contributed by atoms with Crippen LogP contribution in [-0.2, 0) is 6.54 Å². The van der Waals surface area contributed by atoms with Gasteiger partial charge in [-0.15, -0.1) is 0 Å². The minimum absolute atomic E-state index is 0.458. The van der Waals surface area contributed by atoms with Crippen LogP contribution in [0.4, 0.5) is 5.95 Å². The molecule has 3 heterocycles. The minimum Gasteiger partial charge on any atom is -0.351 e. The average Bonchev–Trinajstić information content (AvgIpc) is 3.55. The van der Waals surface area contributed by atoms with Crippen LogP contribution in [0.25, 0.3) is 22.6 Å². The predicted molar refractivity (Wildman–Crippen MR) is 135 cm³/mol. The second-order valence-corrected chi connectivity index (χ2v) is 9.95. The maximum Gasteiger partial charge on any atom is 0.223 e. The number of likely N-dealkylation sites (tertiary alicyclic amines) is 1. The average molecular weight is 465 g/mol. The molecule has 1 aliphatic carbocycles. The molecule has 2 fully saturated rings. The van der Waals surface area contributed by atoms with Crippen LogP contribution in [0, 0.1) is 6.92 Å². The summed E-state index contributed by atoms with van der Waals surface area (Å²) in [5.41, 5.74) is 5.16. The third-order valence-corrected chi connectivity index (χ3v) is 7.19. The number of aryl methyl sites for hydroxylation is 1. The van der Waals surface area contributed by atoms with Gasteiger partial charge in [0.25, 0.3) is 0 Å². The first kappa shape index (κ1) is 22.4. The molecule has 3 aromatic rings. The van der Waals surface area contributed by atoms with E-state index in [9.17, 15) is 0 Å². The molecule has 7 heteroatoms. The van der Waals surface area contributed by atoms with Crippen LogP contribution in [0.3, 0.4) is 0 Å². The van der Waals surface area contributed by atoms with Crippen LogP contribution in [0.1, 0.15) is 56.3 Å². The molecule has 1 saturated heterocycles. The molecule has 1 saturated carbocycles. The normalized spacial score (nSPS) is 17.5. The summed E-state index contributed by atoms with van der Waals surface area (Å²) in [6.07, 6.45) is 7.55. The van der Waals surface area contributed by atoms with Crippen LogP contribution in [0.5, 0.6) is 0 Å². The van der Waals surface area contributed by atoms with Crippen molar-refractivity contribution in [2.75, 3.05) is 25.5 Å². The zero-order valence-corrected chi connectivity index (χ0v) is 20.6. The molecule has 1 aliphatic heterocycles. The monoisotopic (exact) mass is 464 g/mol. The molecule has 0 radical (unpaired) electrons. The van der Waals surface area contributed by atoms with Gasteiger partial charge in [0.05, 0.1) is 17.1 Å². The quantitative estimate of drug-likeness (QED) is 0.481. The van der Waals surface area contributed by atoms with E-state index in [0.717, 1.165) is 72.1 Å². The van der Waals surface area contributed by atoms with Gasteiger partial charge in [-0.1, -0.05) is 24.6 Å². The summed E-state index contributed by atoms with van der Waals surface area (Å²) < 4.78 is 2.43. The Bertz CT molecular complexity index is 1130. The van der Waals surface area contributed by atoms with Crippen LogP contribution >= 0.6 is 11.6 Å². The SMILES string of the molecule is CCCn1c(C2CCN(C)CC2)nc(-c2ccc(Cl)c(C)c2)c1-c1ccnc(NC2CC2)n1. The number of aromatic nitrogens is 4. The zero-order chi connectivity index (χ0) is 22.9. The summed E-state index contributed by atoms with van der Waals surface area (Å²) in [6, 6.07) is 8.73. The molecule has 174 valence electrons. The van der Waals surface area contributed by atoms with Crippen LogP contribution in [0.15, 0.2) is 30.5 Å². The first-order valence-electron chi connectivity index (χ1n) is 12.2. The number of anilines is 1. The maximum atomic E-state index is 6.36. The summed E-state index contributed by atoms with van der Waals surface area (Å²) in [4.78, 5) is 17.2. The van der Waals surface area contributed by atoms with E-state index in [1.54, 1.807) is 0 Å². The largest absolute Gasteiger partial charge is 0.351 e. The van der Waals surface area contributed by atoms with Gasteiger partial charge >= 0.3 is 0 Å². The van der Waals surface area contributed by atoms with Gasteiger partial charge in [-0.25, -0.2) is 15.0 Å². The summed E-state index contributed by atoms with van der Waals surface area (Å²) in [6.45, 7) is 7.42. The van der Waals surface area contributed by atoms with Crippen molar-refractivity contribution >= 4 is 17.5 Å². The van der Waals surface area contributed by atoms with Crippen molar-refractivity contribution in [1.82, 2.24) is 24.4 Å². The Morgan fingerprint density at radius 2 is 1.88 bits per heavy atom. The van der Waals surface area contributed by atoms with Gasteiger partial charge in [-0.05, 0) is 82.9 Å². The predicted octanol–water partition coefficient (Wildman–Crippen LogP) is 5.76. The highest BCUT2D eigenvalue weighted by molar-refractivity contribution is 6.31. The van der Waals surface area contributed by atoms with Crippen molar-refractivity contribution in [3.63, 3.8) is 0 Å². The standard InChI is InChI=1S/C26H33ClN6/c1-4-13-33-24(22-9-12-28-26(30-22)29-20-6-7-20)23(19-5-8-21(27)17(2)16-19)31-25(33)18-10-14-32(3)15-11-18/h5,8-9,12,16,18,20H,4,6-7,10-11,13-15H2,1-3H3,(H,28,29,30). The van der Waals surface area contributed by atoms with E-state index < -0.39 is 0 Å². The van der Waals surface area contributed by atoms with Gasteiger partial charge in [-0.3, -0.25) is 0 Å². The first-order chi connectivity index (χ1) is 16.0. The topological polar surface area (TPSA) is 58.9 Å². The third kappa shape index (κ3) is 4.78. The van der Waals surface area contributed by atoms with Crippen molar-refractivity contribution in [3.05, 3.63) is 46.9 Å². The lowest BCUT2D eigenvalue weighted by molar-refractivity contribution is 0.248. The Kier molecular flexibility index (Phi) is 6.39. The number of rotatable bonds is 7. The van der Waals surface area contributed by atoms with Gasteiger partial charge in [-0.2, -0.15) is 0 Å². The van der Waals surface area contributed by atoms with E-state index in [1.807, 2.05) is 18.3 Å². The fourth-order valence-corrected chi connectivity index (χ4v) is 4.84. The molecule has 6 nitrogen and oxygen atoms in total. The van der Waals surface area contributed by atoms with Gasteiger partial charge in [0.15, 0.2) is 0 Å². The summed E-state index contributed by atoms with van der Waals surface area (Å²) in [7, 11) is 2.21. The molecule has 0 bridgehead atoms.